The molecule has 0 aliphatic carbocycles. The Morgan fingerprint density at radius 3 is 2.59 bits per heavy atom. The van der Waals surface area contributed by atoms with Crippen LogP contribution in [0.3, 0.4) is 0 Å². The molecular weight excluding hydrogens is 250 g/mol. The first-order valence-corrected chi connectivity index (χ1v) is 5.59. The summed E-state index contributed by atoms with van der Waals surface area (Å²) < 4.78 is 30.7. The van der Waals surface area contributed by atoms with E-state index in [4.69, 9.17) is 9.96 Å². The summed E-state index contributed by atoms with van der Waals surface area (Å²) in [7, 11) is -4.70. The zero-order valence-electron chi connectivity index (χ0n) is 8.27. The number of benzene rings is 1. The van der Waals surface area contributed by atoms with Gasteiger partial charge in [-0.05, 0) is 12.1 Å². The van der Waals surface area contributed by atoms with Crippen LogP contribution >= 0.6 is 0 Å². The summed E-state index contributed by atoms with van der Waals surface area (Å²) in [5, 5.41) is 17.2. The van der Waals surface area contributed by atoms with E-state index >= 15 is 0 Å². The summed E-state index contributed by atoms with van der Waals surface area (Å²) in [5.74, 6) is 0. The van der Waals surface area contributed by atoms with Gasteiger partial charge in [-0.3, -0.25) is 19.7 Å². The van der Waals surface area contributed by atoms with Crippen molar-refractivity contribution in [2.45, 2.75) is 4.90 Å². The lowest BCUT2D eigenvalue weighted by Crippen LogP contribution is -2.02. The van der Waals surface area contributed by atoms with Crippen LogP contribution in [0.25, 0.3) is 0 Å². The molecule has 1 aromatic rings. The van der Waals surface area contributed by atoms with Crippen molar-refractivity contribution in [1.82, 2.24) is 0 Å². The van der Waals surface area contributed by atoms with Gasteiger partial charge in [0.05, 0.1) is 10.6 Å². The predicted octanol–water partition coefficient (Wildman–Crippen LogP) is 1.19. The standard InChI is InChI=1S/C8H7N3O5S/c9-3-4-10-6-1-2-7(11(12)13)8(5-6)17(14,15)16/h1-5,9H,(H,14,15,16). The van der Waals surface area contributed by atoms with Crippen LogP contribution in [0, 0.1) is 15.5 Å². The van der Waals surface area contributed by atoms with Crippen molar-refractivity contribution in [3.63, 3.8) is 0 Å². The van der Waals surface area contributed by atoms with Gasteiger partial charge in [0.25, 0.3) is 5.69 Å². The Morgan fingerprint density at radius 1 is 1.47 bits per heavy atom. The molecule has 0 amide bonds. The van der Waals surface area contributed by atoms with Crippen molar-refractivity contribution in [2.24, 2.45) is 4.99 Å². The van der Waals surface area contributed by atoms with Crippen molar-refractivity contribution in [3.05, 3.63) is 28.3 Å². The molecule has 0 radical (unpaired) electrons. The van der Waals surface area contributed by atoms with Gasteiger partial charge in [-0.15, -0.1) is 0 Å². The number of rotatable bonds is 4. The Balaban J connectivity index is 3.45. The van der Waals surface area contributed by atoms with Crippen molar-refractivity contribution < 1.29 is 17.9 Å². The van der Waals surface area contributed by atoms with E-state index in [2.05, 4.69) is 4.99 Å². The maximum atomic E-state index is 10.9. The molecule has 0 fully saturated rings. The second-order valence-corrected chi connectivity index (χ2v) is 4.22. The first kappa shape index (κ1) is 12.9. The van der Waals surface area contributed by atoms with Crippen LogP contribution in [0.4, 0.5) is 11.4 Å². The van der Waals surface area contributed by atoms with E-state index in [9.17, 15) is 18.5 Å². The van der Waals surface area contributed by atoms with Crippen LogP contribution in [0.2, 0.25) is 0 Å². The van der Waals surface area contributed by atoms with Crippen molar-refractivity contribution in [3.8, 4) is 0 Å². The molecule has 0 unspecified atom stereocenters. The van der Waals surface area contributed by atoms with Gasteiger partial charge in [0, 0.05) is 18.5 Å². The molecule has 0 heterocycles. The molecular formula is C8H7N3O5S. The lowest BCUT2D eigenvalue weighted by atomic mass is 10.3. The van der Waals surface area contributed by atoms with Crippen molar-refractivity contribution >= 4 is 33.9 Å². The van der Waals surface area contributed by atoms with E-state index < -0.39 is 25.6 Å². The molecule has 0 aliphatic heterocycles. The SMILES string of the molecule is N=CC=Nc1ccc([N+](=O)[O-])c(S(=O)(=O)O)c1. The monoisotopic (exact) mass is 257 g/mol. The third-order valence-corrected chi connectivity index (χ3v) is 2.60. The number of hydrogen-bond donors (Lipinski definition) is 2. The van der Waals surface area contributed by atoms with E-state index in [1.807, 2.05) is 0 Å². The molecule has 0 saturated carbocycles. The first-order chi connectivity index (χ1) is 7.86. The Kier molecular flexibility index (Phi) is 3.66. The molecule has 1 rings (SSSR count). The van der Waals surface area contributed by atoms with E-state index in [0.29, 0.717) is 0 Å². The molecule has 0 atom stereocenters. The Morgan fingerprint density at radius 2 is 2.12 bits per heavy atom. The van der Waals surface area contributed by atoms with Crippen molar-refractivity contribution in [1.29, 1.82) is 5.41 Å². The third kappa shape index (κ3) is 3.16. The summed E-state index contributed by atoms with van der Waals surface area (Å²) in [5.41, 5.74) is -0.659. The highest BCUT2D eigenvalue weighted by atomic mass is 32.2. The molecule has 2 N–H and O–H groups in total. The fourth-order valence-electron chi connectivity index (χ4n) is 1.06. The largest absolute Gasteiger partial charge is 0.307 e. The summed E-state index contributed by atoms with van der Waals surface area (Å²) in [6.45, 7) is 0. The van der Waals surface area contributed by atoms with Gasteiger partial charge >= 0.3 is 10.1 Å². The van der Waals surface area contributed by atoms with E-state index in [1.165, 1.54) is 6.07 Å². The summed E-state index contributed by atoms with van der Waals surface area (Å²) in [6.07, 6.45) is 1.92. The second-order valence-electron chi connectivity index (χ2n) is 2.83. The lowest BCUT2D eigenvalue weighted by Gasteiger charge is -2.00. The maximum absolute atomic E-state index is 10.9. The summed E-state index contributed by atoms with van der Waals surface area (Å²) in [6, 6.07) is 2.97. The predicted molar refractivity (Wildman–Crippen MR) is 59.8 cm³/mol. The van der Waals surface area contributed by atoms with E-state index in [-0.39, 0.29) is 5.69 Å². The minimum Gasteiger partial charge on any atom is -0.307 e. The lowest BCUT2D eigenvalue weighted by molar-refractivity contribution is -0.387. The minimum absolute atomic E-state index is 0.0757. The topological polar surface area (TPSA) is 134 Å². The van der Waals surface area contributed by atoms with Crippen LogP contribution < -0.4 is 0 Å². The molecule has 0 bridgehead atoms. The van der Waals surface area contributed by atoms with Crippen LogP contribution in [0.1, 0.15) is 0 Å². The van der Waals surface area contributed by atoms with Gasteiger partial charge in [0.15, 0.2) is 4.90 Å². The molecule has 0 aromatic heterocycles. The van der Waals surface area contributed by atoms with Crippen LogP contribution in [-0.2, 0) is 10.1 Å². The quantitative estimate of drug-likeness (QED) is 0.361. The Labute approximate surface area is 96.0 Å². The highest BCUT2D eigenvalue weighted by Gasteiger charge is 2.24. The van der Waals surface area contributed by atoms with Crippen LogP contribution in [0.15, 0.2) is 28.1 Å². The number of hydrogen-bond acceptors (Lipinski definition) is 6. The molecule has 1 aromatic carbocycles. The molecule has 8 nitrogen and oxygen atoms in total. The fraction of sp³-hybridized carbons (Fsp3) is 0. The van der Waals surface area contributed by atoms with Crippen molar-refractivity contribution in [2.75, 3.05) is 0 Å². The number of nitro groups is 1. The smallest absolute Gasteiger partial charge is 0.301 e. The highest BCUT2D eigenvalue weighted by Crippen LogP contribution is 2.27. The Hall–Kier alpha value is -2.13. The molecule has 0 spiro atoms. The minimum atomic E-state index is -4.70. The highest BCUT2D eigenvalue weighted by molar-refractivity contribution is 7.86. The van der Waals surface area contributed by atoms with Gasteiger partial charge < -0.3 is 5.41 Å². The number of nitro benzene ring substituents is 1. The van der Waals surface area contributed by atoms with Gasteiger partial charge in [0.2, 0.25) is 0 Å². The maximum Gasteiger partial charge on any atom is 0.301 e. The third-order valence-electron chi connectivity index (χ3n) is 1.72. The van der Waals surface area contributed by atoms with Gasteiger partial charge in [0.1, 0.15) is 0 Å². The molecule has 17 heavy (non-hydrogen) atoms. The number of nitrogens with one attached hydrogen (secondary N) is 1. The molecule has 0 saturated heterocycles. The van der Waals surface area contributed by atoms with Crippen LogP contribution in [-0.4, -0.2) is 30.3 Å². The summed E-state index contributed by atoms with van der Waals surface area (Å²) >= 11 is 0. The molecule has 9 heteroatoms. The van der Waals surface area contributed by atoms with Crippen LogP contribution in [0.5, 0.6) is 0 Å². The number of nitrogens with zero attached hydrogens (tertiary/aromatic N) is 2. The zero-order valence-corrected chi connectivity index (χ0v) is 9.09. The molecule has 0 aliphatic rings. The van der Waals surface area contributed by atoms with Gasteiger partial charge in [-0.1, -0.05) is 0 Å². The average Bonchev–Trinajstić information content (AvgIpc) is 2.24. The fourth-order valence-corrected chi connectivity index (χ4v) is 1.74. The zero-order chi connectivity index (χ0) is 13.1. The van der Waals surface area contributed by atoms with Gasteiger partial charge in [-0.2, -0.15) is 8.42 Å². The Bertz CT molecular complexity index is 593. The summed E-state index contributed by atoms with van der Waals surface area (Å²) in [4.78, 5) is 12.4. The second kappa shape index (κ2) is 4.80. The van der Waals surface area contributed by atoms with E-state index in [0.717, 1.165) is 24.6 Å². The van der Waals surface area contributed by atoms with E-state index in [1.54, 1.807) is 0 Å². The first-order valence-electron chi connectivity index (χ1n) is 4.15. The molecule has 90 valence electrons. The normalized spacial score (nSPS) is 11.6. The number of aliphatic imine (C=N–C) groups is 1. The van der Waals surface area contributed by atoms with Gasteiger partial charge in [-0.25, -0.2) is 0 Å². The average molecular weight is 257 g/mol.